The van der Waals surface area contributed by atoms with E-state index in [1.807, 2.05) is 13.0 Å². The largest absolute Gasteiger partial charge is 0.396 e. The fraction of sp³-hybridized carbons (Fsp3) is 0.261. The summed E-state index contributed by atoms with van der Waals surface area (Å²) in [7, 11) is 0. The third kappa shape index (κ3) is 3.90. The van der Waals surface area contributed by atoms with Crippen LogP contribution in [-0.4, -0.2) is 42.8 Å². The number of nitrogen functional groups attached to an aromatic ring is 1. The number of aromatic nitrogens is 5. The predicted molar refractivity (Wildman–Crippen MR) is 126 cm³/mol. The fourth-order valence-corrected chi connectivity index (χ4v) is 4.50. The number of nitrogens with two attached hydrogens (primary N) is 1. The van der Waals surface area contributed by atoms with Gasteiger partial charge in [-0.25, -0.2) is 9.97 Å². The minimum Gasteiger partial charge on any atom is -0.396 e. The van der Waals surface area contributed by atoms with Crippen LogP contribution in [0.3, 0.4) is 0 Å². The lowest BCUT2D eigenvalue weighted by Crippen LogP contribution is -2.15. The van der Waals surface area contributed by atoms with E-state index in [0.717, 1.165) is 23.2 Å². The Morgan fingerprint density at radius 3 is 2.94 bits per heavy atom. The maximum absolute atomic E-state index is 12.8. The molecule has 4 heterocycles. The molecule has 5 rings (SSSR count). The summed E-state index contributed by atoms with van der Waals surface area (Å²) in [5.74, 6) is 0.607. The Labute approximate surface area is 194 Å². The van der Waals surface area contributed by atoms with Crippen molar-refractivity contribution in [2.24, 2.45) is 5.92 Å². The van der Waals surface area contributed by atoms with Gasteiger partial charge < -0.3 is 16.2 Å². The molecule has 4 aromatic heterocycles. The summed E-state index contributed by atoms with van der Waals surface area (Å²) in [5.41, 5.74) is 10.3. The third-order valence-corrected chi connectivity index (χ3v) is 6.43. The number of hydrogen-bond donors (Lipinski definition) is 4. The zero-order valence-corrected chi connectivity index (χ0v) is 18.6. The number of anilines is 2. The number of hydrogen-bond acceptors (Lipinski definition) is 7. The summed E-state index contributed by atoms with van der Waals surface area (Å²) in [4.78, 5) is 25.8. The standard InChI is InChI=1S/C23H22ClN7O2/c1-11-16(10-28-31-11)13-6-15(13)23(33)29-19-7-14-18(9-27-19)22(25)30-21(20(14)24)17-8-26-4-2-12(17)3-5-32/h2,4,7-10,13,15,32H,3,5-6H2,1H3,(H2,25,30)(H,28,31)(H,27,29,33)/t13-,15-/m1/s1. The van der Waals surface area contributed by atoms with Crippen LogP contribution in [0.1, 0.15) is 29.2 Å². The molecule has 5 N–H and O–H groups in total. The molecule has 1 amide bonds. The number of nitrogens with zero attached hydrogens (tertiary/aromatic N) is 4. The van der Waals surface area contributed by atoms with E-state index < -0.39 is 0 Å². The van der Waals surface area contributed by atoms with Crippen LogP contribution >= 0.6 is 11.6 Å². The molecule has 0 radical (unpaired) electrons. The first kappa shape index (κ1) is 21.3. The number of fused-ring (bicyclic) bond motifs is 1. The molecule has 0 bridgehead atoms. The van der Waals surface area contributed by atoms with Gasteiger partial charge >= 0.3 is 0 Å². The summed E-state index contributed by atoms with van der Waals surface area (Å²) in [6.45, 7) is 1.94. The number of carbonyl (C=O) groups is 1. The van der Waals surface area contributed by atoms with Crippen molar-refractivity contribution < 1.29 is 9.90 Å². The van der Waals surface area contributed by atoms with E-state index in [9.17, 15) is 9.90 Å². The minimum atomic E-state index is -0.122. The Hall–Kier alpha value is -3.56. The van der Waals surface area contributed by atoms with Crippen LogP contribution in [0.4, 0.5) is 11.6 Å². The smallest absolute Gasteiger partial charge is 0.229 e. The van der Waals surface area contributed by atoms with Gasteiger partial charge in [0, 0.05) is 53.1 Å². The van der Waals surface area contributed by atoms with Crippen LogP contribution in [-0.2, 0) is 11.2 Å². The van der Waals surface area contributed by atoms with Crippen molar-refractivity contribution in [3.8, 4) is 11.3 Å². The monoisotopic (exact) mass is 463 g/mol. The topological polar surface area (TPSA) is 143 Å². The first-order valence-corrected chi connectivity index (χ1v) is 10.9. The highest BCUT2D eigenvalue weighted by Crippen LogP contribution is 2.48. The normalized spacial score (nSPS) is 17.3. The highest BCUT2D eigenvalue weighted by Gasteiger charge is 2.45. The van der Waals surface area contributed by atoms with Crippen LogP contribution in [0.25, 0.3) is 22.0 Å². The Morgan fingerprint density at radius 2 is 2.18 bits per heavy atom. The molecule has 4 aromatic rings. The number of amides is 1. The molecule has 1 saturated carbocycles. The maximum atomic E-state index is 12.8. The van der Waals surface area contributed by atoms with Crippen LogP contribution in [0.15, 0.2) is 36.9 Å². The number of nitrogens with one attached hydrogen (secondary N) is 2. The number of aromatic amines is 1. The summed E-state index contributed by atoms with van der Waals surface area (Å²) in [6.07, 6.45) is 7.86. The molecular formula is C23H22ClN7O2. The first-order chi connectivity index (χ1) is 16.0. The number of carbonyl (C=O) groups excluding carboxylic acids is 1. The lowest BCUT2D eigenvalue weighted by molar-refractivity contribution is -0.117. The highest BCUT2D eigenvalue weighted by atomic mass is 35.5. The molecular weight excluding hydrogens is 442 g/mol. The molecule has 2 atom stereocenters. The summed E-state index contributed by atoms with van der Waals surface area (Å²) >= 11 is 6.75. The molecule has 0 saturated heterocycles. The Morgan fingerprint density at radius 1 is 1.33 bits per heavy atom. The molecule has 1 aliphatic rings. The lowest BCUT2D eigenvalue weighted by Gasteiger charge is -2.13. The van der Waals surface area contributed by atoms with Gasteiger partial charge in [-0.3, -0.25) is 14.9 Å². The van der Waals surface area contributed by atoms with Crippen molar-refractivity contribution in [1.82, 2.24) is 25.1 Å². The van der Waals surface area contributed by atoms with E-state index in [-0.39, 0.29) is 30.2 Å². The highest BCUT2D eigenvalue weighted by molar-refractivity contribution is 6.38. The summed E-state index contributed by atoms with van der Waals surface area (Å²) < 4.78 is 0. The quantitative estimate of drug-likeness (QED) is 0.343. The number of aryl methyl sites for hydroxylation is 1. The number of halogens is 1. The molecule has 0 aromatic carbocycles. The summed E-state index contributed by atoms with van der Waals surface area (Å²) in [6, 6.07) is 3.52. The van der Waals surface area contributed by atoms with Gasteiger partial charge in [-0.1, -0.05) is 11.6 Å². The third-order valence-electron chi connectivity index (χ3n) is 6.05. The van der Waals surface area contributed by atoms with Gasteiger partial charge in [0.1, 0.15) is 11.6 Å². The van der Waals surface area contributed by atoms with Gasteiger partial charge in [0.15, 0.2) is 0 Å². The average molecular weight is 464 g/mol. The Bertz CT molecular complexity index is 1370. The molecule has 33 heavy (non-hydrogen) atoms. The van der Waals surface area contributed by atoms with E-state index in [1.54, 1.807) is 30.9 Å². The fourth-order valence-electron chi connectivity index (χ4n) is 4.20. The predicted octanol–water partition coefficient (Wildman–Crippen LogP) is 3.24. The average Bonchev–Trinajstić information content (AvgIpc) is 3.50. The first-order valence-electron chi connectivity index (χ1n) is 10.6. The van der Waals surface area contributed by atoms with E-state index in [1.165, 1.54) is 0 Å². The maximum Gasteiger partial charge on any atom is 0.229 e. The molecule has 10 heteroatoms. The molecule has 1 fully saturated rings. The molecule has 0 spiro atoms. The van der Waals surface area contributed by atoms with Crippen molar-refractivity contribution in [2.75, 3.05) is 17.7 Å². The molecule has 1 aliphatic carbocycles. The van der Waals surface area contributed by atoms with Gasteiger partial charge in [-0.2, -0.15) is 5.10 Å². The number of aliphatic hydroxyl groups is 1. The molecule has 0 aliphatic heterocycles. The zero-order valence-electron chi connectivity index (χ0n) is 17.8. The van der Waals surface area contributed by atoms with E-state index in [4.69, 9.17) is 17.3 Å². The van der Waals surface area contributed by atoms with Gasteiger partial charge in [0.05, 0.1) is 16.9 Å². The van der Waals surface area contributed by atoms with Crippen LogP contribution < -0.4 is 11.1 Å². The second kappa shape index (κ2) is 8.42. The van der Waals surface area contributed by atoms with Gasteiger partial charge in [0.25, 0.3) is 0 Å². The van der Waals surface area contributed by atoms with Crippen molar-refractivity contribution in [3.63, 3.8) is 0 Å². The Kier molecular flexibility index (Phi) is 5.43. The Balaban J connectivity index is 1.46. The van der Waals surface area contributed by atoms with Gasteiger partial charge in [-0.05, 0) is 48.9 Å². The SMILES string of the molecule is Cc1[nH]ncc1[C@@H]1C[C@H]1C(=O)Nc1cc2c(Cl)c(-c3cnccc3CCO)nc(N)c2cn1. The second-order valence-corrected chi connectivity index (χ2v) is 8.55. The van der Waals surface area contributed by atoms with Crippen molar-refractivity contribution >= 4 is 39.9 Å². The molecule has 168 valence electrons. The van der Waals surface area contributed by atoms with E-state index >= 15 is 0 Å². The minimum absolute atomic E-state index is 0.0156. The van der Waals surface area contributed by atoms with Crippen molar-refractivity contribution in [1.29, 1.82) is 0 Å². The van der Waals surface area contributed by atoms with E-state index in [2.05, 4.69) is 30.5 Å². The summed E-state index contributed by atoms with van der Waals surface area (Å²) in [5, 5.41) is 20.9. The van der Waals surface area contributed by atoms with Crippen LogP contribution in [0, 0.1) is 12.8 Å². The lowest BCUT2D eigenvalue weighted by atomic mass is 10.0. The molecule has 0 unspecified atom stereocenters. The number of H-pyrrole nitrogens is 1. The number of pyridine rings is 3. The zero-order chi connectivity index (χ0) is 23.1. The second-order valence-electron chi connectivity index (χ2n) is 8.17. The van der Waals surface area contributed by atoms with Crippen molar-refractivity contribution in [2.45, 2.75) is 25.7 Å². The molecule has 9 nitrogen and oxygen atoms in total. The van der Waals surface area contributed by atoms with Crippen molar-refractivity contribution in [3.05, 3.63) is 58.8 Å². The van der Waals surface area contributed by atoms with Gasteiger partial charge in [-0.15, -0.1) is 0 Å². The number of aliphatic hydroxyl groups excluding tert-OH is 1. The van der Waals surface area contributed by atoms with Gasteiger partial charge in [0.2, 0.25) is 5.91 Å². The van der Waals surface area contributed by atoms with E-state index in [0.29, 0.717) is 39.3 Å². The van der Waals surface area contributed by atoms with Crippen LogP contribution in [0.5, 0.6) is 0 Å². The van der Waals surface area contributed by atoms with Crippen LogP contribution in [0.2, 0.25) is 5.02 Å². The number of rotatable bonds is 6.